The Balaban J connectivity index is 1.32. The molecule has 0 unspecified atom stereocenters. The normalized spacial score (nSPS) is 15.2. The molecule has 40 heavy (non-hydrogen) atoms. The van der Waals surface area contributed by atoms with Gasteiger partial charge in [-0.3, -0.25) is 4.98 Å². The van der Waals surface area contributed by atoms with Gasteiger partial charge in [0.2, 0.25) is 11.8 Å². The Hall–Kier alpha value is -4.43. The van der Waals surface area contributed by atoms with Gasteiger partial charge in [-0.25, -0.2) is 19.3 Å². The van der Waals surface area contributed by atoms with E-state index in [1.54, 1.807) is 24.7 Å². The van der Waals surface area contributed by atoms with E-state index in [0.29, 0.717) is 47.7 Å². The van der Waals surface area contributed by atoms with Crippen LogP contribution in [0.4, 0.5) is 10.3 Å². The van der Waals surface area contributed by atoms with E-state index in [2.05, 4.69) is 25.6 Å². The quantitative estimate of drug-likeness (QED) is 0.243. The van der Waals surface area contributed by atoms with Gasteiger partial charge in [-0.15, -0.1) is 0 Å². The number of hydrogen-bond donors (Lipinski definition) is 2. The van der Waals surface area contributed by atoms with Crippen molar-refractivity contribution in [2.75, 3.05) is 18.4 Å². The number of aromatic nitrogens is 4. The van der Waals surface area contributed by atoms with E-state index < -0.39 is 0 Å². The number of nitrogens with one attached hydrogen (secondary N) is 2. The van der Waals surface area contributed by atoms with E-state index in [9.17, 15) is 0 Å². The number of pyridine rings is 2. The molecule has 5 aromatic rings. The highest BCUT2D eigenvalue weighted by Crippen LogP contribution is 2.38. The van der Waals surface area contributed by atoms with Crippen LogP contribution < -0.4 is 15.4 Å². The number of ether oxygens (including phenoxy) is 1. The first kappa shape index (κ1) is 25.8. The molecular formula is C32H31FN6O. The molecular weight excluding hydrogens is 503 g/mol. The molecule has 4 heterocycles. The summed E-state index contributed by atoms with van der Waals surface area (Å²) in [6, 6.07) is 19.0. The highest BCUT2D eigenvalue weighted by molar-refractivity contribution is 5.92. The van der Waals surface area contributed by atoms with Crippen LogP contribution in [0, 0.1) is 12.7 Å². The maximum Gasteiger partial charge on any atom is 0.228 e. The van der Waals surface area contributed by atoms with Gasteiger partial charge in [0.15, 0.2) is 0 Å². The molecule has 0 saturated carbocycles. The van der Waals surface area contributed by atoms with Crippen LogP contribution in [0.3, 0.4) is 0 Å². The van der Waals surface area contributed by atoms with Gasteiger partial charge in [0.05, 0.1) is 11.3 Å². The van der Waals surface area contributed by atoms with Crippen molar-refractivity contribution >= 4 is 16.7 Å². The zero-order chi connectivity index (χ0) is 27.3. The second-order valence-corrected chi connectivity index (χ2v) is 10.1. The van der Waals surface area contributed by atoms with Crippen LogP contribution >= 0.6 is 0 Å². The number of rotatable bonds is 8. The van der Waals surface area contributed by atoms with Crippen molar-refractivity contribution in [3.63, 3.8) is 0 Å². The fourth-order valence-corrected chi connectivity index (χ4v) is 5.21. The number of hydrogen-bond acceptors (Lipinski definition) is 7. The smallest absolute Gasteiger partial charge is 0.228 e. The summed E-state index contributed by atoms with van der Waals surface area (Å²) in [5.74, 6) is 1.43. The molecule has 0 radical (unpaired) electrons. The minimum absolute atomic E-state index is 0.231. The zero-order valence-electron chi connectivity index (χ0n) is 22.4. The topological polar surface area (TPSA) is 84.9 Å². The summed E-state index contributed by atoms with van der Waals surface area (Å²) >= 11 is 0. The molecule has 1 aliphatic rings. The molecule has 0 bridgehead atoms. The van der Waals surface area contributed by atoms with E-state index in [4.69, 9.17) is 9.72 Å². The minimum Gasteiger partial charge on any atom is -0.437 e. The van der Waals surface area contributed by atoms with Crippen LogP contribution in [0.2, 0.25) is 0 Å². The minimum atomic E-state index is -0.231. The van der Waals surface area contributed by atoms with E-state index in [-0.39, 0.29) is 5.82 Å². The molecule has 6 rings (SSSR count). The van der Waals surface area contributed by atoms with Crippen LogP contribution in [0.25, 0.3) is 22.0 Å². The predicted molar refractivity (Wildman–Crippen MR) is 155 cm³/mol. The first-order valence-corrected chi connectivity index (χ1v) is 13.7. The van der Waals surface area contributed by atoms with Gasteiger partial charge in [-0.1, -0.05) is 18.2 Å². The summed E-state index contributed by atoms with van der Waals surface area (Å²) in [5, 5.41) is 8.51. The number of piperidine rings is 1. The largest absolute Gasteiger partial charge is 0.437 e. The van der Waals surface area contributed by atoms with Crippen LogP contribution in [0.5, 0.6) is 11.6 Å². The lowest BCUT2D eigenvalue weighted by atomic mass is 9.97. The van der Waals surface area contributed by atoms with E-state index in [1.807, 2.05) is 55.5 Å². The predicted octanol–water partition coefficient (Wildman–Crippen LogP) is 6.28. The van der Waals surface area contributed by atoms with Crippen molar-refractivity contribution in [2.24, 2.45) is 0 Å². The maximum absolute atomic E-state index is 15.1. The Morgan fingerprint density at radius 1 is 0.925 bits per heavy atom. The molecule has 1 aliphatic heterocycles. The second-order valence-electron chi connectivity index (χ2n) is 10.1. The van der Waals surface area contributed by atoms with Crippen molar-refractivity contribution in [1.29, 1.82) is 0 Å². The van der Waals surface area contributed by atoms with Gasteiger partial charge in [-0.2, -0.15) is 0 Å². The number of benzene rings is 2. The molecule has 3 aromatic heterocycles. The summed E-state index contributed by atoms with van der Waals surface area (Å²) in [6.07, 6.45) is 8.59. The average molecular weight is 535 g/mol. The van der Waals surface area contributed by atoms with Gasteiger partial charge in [-0.05, 0) is 98.1 Å². The second kappa shape index (κ2) is 11.8. The number of aryl methyl sites for hydroxylation is 3. The monoisotopic (exact) mass is 534 g/mol. The summed E-state index contributed by atoms with van der Waals surface area (Å²) in [4.78, 5) is 18.2. The fourth-order valence-electron chi connectivity index (χ4n) is 5.21. The van der Waals surface area contributed by atoms with Crippen molar-refractivity contribution < 1.29 is 9.13 Å². The molecule has 7 nitrogen and oxygen atoms in total. The maximum atomic E-state index is 15.1. The Kier molecular flexibility index (Phi) is 7.59. The number of halogens is 1. The average Bonchev–Trinajstić information content (AvgIpc) is 2.99. The lowest BCUT2D eigenvalue weighted by molar-refractivity contribution is 0.466. The third-order valence-corrected chi connectivity index (χ3v) is 7.29. The van der Waals surface area contributed by atoms with Crippen LogP contribution in [0.1, 0.15) is 29.7 Å². The summed E-state index contributed by atoms with van der Waals surface area (Å²) in [5.41, 5.74) is 3.98. The third-order valence-electron chi connectivity index (χ3n) is 7.29. The summed E-state index contributed by atoms with van der Waals surface area (Å²) in [7, 11) is 0. The van der Waals surface area contributed by atoms with Crippen LogP contribution in [-0.2, 0) is 12.8 Å². The van der Waals surface area contributed by atoms with Crippen molar-refractivity contribution in [1.82, 2.24) is 25.3 Å². The molecule has 1 fully saturated rings. The molecule has 8 heteroatoms. The fraction of sp³-hybridized carbons (Fsp3) is 0.250. The Morgan fingerprint density at radius 2 is 1.82 bits per heavy atom. The molecule has 0 amide bonds. The van der Waals surface area contributed by atoms with Crippen LogP contribution in [0.15, 0.2) is 79.3 Å². The van der Waals surface area contributed by atoms with Gasteiger partial charge in [0, 0.05) is 42.3 Å². The molecule has 2 aromatic carbocycles. The van der Waals surface area contributed by atoms with E-state index in [1.165, 1.54) is 6.07 Å². The van der Waals surface area contributed by atoms with Gasteiger partial charge >= 0.3 is 0 Å². The third kappa shape index (κ3) is 5.62. The summed E-state index contributed by atoms with van der Waals surface area (Å²) < 4.78 is 21.6. The first-order chi connectivity index (χ1) is 19.7. The van der Waals surface area contributed by atoms with E-state index >= 15 is 4.39 Å². The number of nitrogens with zero attached hydrogens (tertiary/aromatic N) is 4. The highest BCUT2D eigenvalue weighted by Gasteiger charge is 2.18. The molecule has 1 saturated heterocycles. The summed E-state index contributed by atoms with van der Waals surface area (Å²) in [6.45, 7) is 3.92. The Morgan fingerprint density at radius 3 is 2.67 bits per heavy atom. The number of anilines is 1. The lowest BCUT2D eigenvalue weighted by Crippen LogP contribution is -2.38. The van der Waals surface area contributed by atoms with Crippen molar-refractivity contribution in [3.8, 4) is 22.9 Å². The highest BCUT2D eigenvalue weighted by atomic mass is 19.1. The lowest BCUT2D eigenvalue weighted by Gasteiger charge is -2.23. The van der Waals surface area contributed by atoms with Gasteiger partial charge < -0.3 is 15.4 Å². The first-order valence-electron chi connectivity index (χ1n) is 13.7. The molecule has 1 atom stereocenters. The van der Waals surface area contributed by atoms with Crippen LogP contribution in [-0.4, -0.2) is 39.1 Å². The van der Waals surface area contributed by atoms with Gasteiger partial charge in [0.25, 0.3) is 0 Å². The standard InChI is InChI=1S/C32H31FN6O/c1-21-9-11-24-25(12-10-22-6-2-3-17-35-22)28(33)14-13-26(24)30(21)40-31-27(8-5-18-36-31)29-15-19-37-32(39-29)38-23-7-4-16-34-20-23/h2-3,5-6,8-9,11,13-15,17-19,23,34H,4,7,10,12,16,20H2,1H3,(H,37,38,39)/t23-/m0/s1. The zero-order valence-corrected chi connectivity index (χ0v) is 22.4. The van der Waals surface area contributed by atoms with Crippen molar-refractivity contribution in [2.45, 2.75) is 38.6 Å². The molecule has 0 aliphatic carbocycles. The van der Waals surface area contributed by atoms with E-state index in [0.717, 1.165) is 53.5 Å². The Labute approximate surface area is 232 Å². The van der Waals surface area contributed by atoms with Crippen molar-refractivity contribution in [3.05, 3.63) is 102 Å². The Bertz CT molecular complexity index is 1620. The van der Waals surface area contributed by atoms with Gasteiger partial charge in [0.1, 0.15) is 11.6 Å². The molecule has 202 valence electrons. The number of fused-ring (bicyclic) bond motifs is 1. The molecule has 0 spiro atoms. The SMILES string of the molecule is Cc1ccc2c(CCc3ccccn3)c(F)ccc2c1Oc1ncccc1-c1ccnc(N[C@H]2CCCNC2)n1. The molecule has 2 N–H and O–H groups in total.